The quantitative estimate of drug-likeness (QED) is 0.519. The normalized spacial score (nSPS) is 17.2. The van der Waals surface area contributed by atoms with E-state index in [0.29, 0.717) is 17.6 Å². The van der Waals surface area contributed by atoms with E-state index in [-0.39, 0.29) is 11.8 Å². The Hall–Kier alpha value is -3.22. The van der Waals surface area contributed by atoms with Crippen LogP contribution in [0.25, 0.3) is 22.1 Å². The fraction of sp³-hybridized carbons (Fsp3) is 0.300. The Bertz CT molecular complexity index is 1150. The molecule has 0 N–H and O–H groups in total. The first-order valence-electron chi connectivity index (χ1n) is 9.11. The molecule has 27 heavy (non-hydrogen) atoms. The Labute approximate surface area is 155 Å². The average molecular weight is 361 g/mol. The number of anilines is 1. The smallest absolute Gasteiger partial charge is 0.196 e. The second-order valence-corrected chi connectivity index (χ2v) is 6.99. The first-order valence-corrected chi connectivity index (χ1v) is 9.11. The summed E-state index contributed by atoms with van der Waals surface area (Å²) in [5.41, 5.74) is 2.97. The topological polar surface area (TPSA) is 77.0 Å². The van der Waals surface area contributed by atoms with Crippen LogP contribution in [0.2, 0.25) is 0 Å². The number of rotatable bonds is 4. The minimum Gasteiger partial charge on any atom is -0.450 e. The Morgan fingerprint density at radius 1 is 1.30 bits per heavy atom. The molecule has 4 aromatic rings. The minimum absolute atomic E-state index is 0.101. The molecule has 1 aliphatic rings. The summed E-state index contributed by atoms with van der Waals surface area (Å²) in [4.78, 5) is 23.8. The Kier molecular flexibility index (Phi) is 3.67. The predicted molar refractivity (Wildman–Crippen MR) is 102 cm³/mol. The zero-order valence-corrected chi connectivity index (χ0v) is 15.0. The second kappa shape index (κ2) is 6.19. The molecule has 0 amide bonds. The van der Waals surface area contributed by atoms with Crippen molar-refractivity contribution in [2.45, 2.75) is 25.3 Å². The number of nitrogens with zero attached hydrogens (tertiary/aromatic N) is 5. The van der Waals surface area contributed by atoms with Gasteiger partial charge >= 0.3 is 0 Å². The van der Waals surface area contributed by atoms with Crippen molar-refractivity contribution in [2.24, 2.45) is 7.05 Å². The molecule has 1 aromatic carbocycles. The van der Waals surface area contributed by atoms with Crippen LogP contribution < -0.4 is 4.90 Å². The molecule has 4 heterocycles. The Morgan fingerprint density at radius 2 is 2.19 bits per heavy atom. The third-order valence-electron chi connectivity index (χ3n) is 5.24. The van der Waals surface area contributed by atoms with Gasteiger partial charge in [0.05, 0.1) is 11.8 Å². The van der Waals surface area contributed by atoms with Crippen LogP contribution >= 0.6 is 0 Å². The van der Waals surface area contributed by atoms with Gasteiger partial charge in [-0.3, -0.25) is 9.48 Å². The predicted octanol–water partition coefficient (Wildman–Crippen LogP) is 3.35. The van der Waals surface area contributed by atoms with E-state index in [9.17, 15) is 4.79 Å². The average Bonchev–Trinajstić information content (AvgIpc) is 3.39. The third-order valence-corrected chi connectivity index (χ3v) is 5.24. The van der Waals surface area contributed by atoms with Crippen molar-refractivity contribution in [3.8, 4) is 0 Å². The maximum absolute atomic E-state index is 12.7. The van der Waals surface area contributed by atoms with Gasteiger partial charge in [0.2, 0.25) is 0 Å². The first kappa shape index (κ1) is 16.0. The molecular weight excluding hydrogens is 342 g/mol. The van der Waals surface area contributed by atoms with Gasteiger partial charge in [0.25, 0.3) is 0 Å². The van der Waals surface area contributed by atoms with E-state index in [0.717, 1.165) is 41.7 Å². The number of ketones is 1. The minimum atomic E-state index is 0.101. The molecule has 0 aliphatic carbocycles. The highest BCUT2D eigenvalue weighted by Crippen LogP contribution is 2.35. The number of carbonyl (C=O) groups is 1. The number of aromatic nitrogens is 4. The van der Waals surface area contributed by atoms with Crippen LogP contribution in [0.1, 0.15) is 29.6 Å². The zero-order valence-electron chi connectivity index (χ0n) is 15.0. The summed E-state index contributed by atoms with van der Waals surface area (Å²) in [5.74, 6) is 0.882. The molecule has 3 aromatic heterocycles. The molecule has 7 nitrogen and oxygen atoms in total. The van der Waals surface area contributed by atoms with Gasteiger partial charge in [-0.05, 0) is 25.0 Å². The van der Waals surface area contributed by atoms with Gasteiger partial charge in [-0.1, -0.05) is 12.1 Å². The van der Waals surface area contributed by atoms with Crippen molar-refractivity contribution < 1.29 is 9.21 Å². The van der Waals surface area contributed by atoms with Crippen LogP contribution in [-0.4, -0.2) is 38.1 Å². The molecule has 0 bridgehead atoms. The largest absolute Gasteiger partial charge is 0.450 e. The number of para-hydroxylation sites is 1. The fourth-order valence-corrected chi connectivity index (χ4v) is 3.94. The maximum Gasteiger partial charge on any atom is 0.196 e. The first-order chi connectivity index (χ1) is 13.2. The highest BCUT2D eigenvalue weighted by atomic mass is 16.3. The van der Waals surface area contributed by atoms with Crippen LogP contribution in [0.4, 0.5) is 5.82 Å². The monoisotopic (exact) mass is 361 g/mol. The molecule has 136 valence electrons. The van der Waals surface area contributed by atoms with Gasteiger partial charge in [0, 0.05) is 37.6 Å². The maximum atomic E-state index is 12.7. The number of hydrogen-bond donors (Lipinski definition) is 0. The summed E-state index contributed by atoms with van der Waals surface area (Å²) in [7, 11) is 1.82. The van der Waals surface area contributed by atoms with Crippen molar-refractivity contribution in [3.05, 3.63) is 48.5 Å². The molecule has 1 fully saturated rings. The van der Waals surface area contributed by atoms with E-state index >= 15 is 0 Å². The van der Waals surface area contributed by atoms with Crippen LogP contribution in [0.3, 0.4) is 0 Å². The van der Waals surface area contributed by atoms with Gasteiger partial charge in [-0.25, -0.2) is 9.97 Å². The van der Waals surface area contributed by atoms with Crippen molar-refractivity contribution >= 4 is 33.7 Å². The molecule has 7 heteroatoms. The Balaban J connectivity index is 1.50. The van der Waals surface area contributed by atoms with Crippen molar-refractivity contribution in [3.63, 3.8) is 0 Å². The van der Waals surface area contributed by atoms with Gasteiger partial charge in [0.1, 0.15) is 17.4 Å². The summed E-state index contributed by atoms with van der Waals surface area (Å²) in [5, 5.41) is 5.09. The number of fused-ring (bicyclic) bond motifs is 3. The lowest BCUT2D eigenvalue weighted by Crippen LogP contribution is -2.32. The summed E-state index contributed by atoms with van der Waals surface area (Å²) in [6.07, 6.45) is 7.40. The number of benzene rings is 1. The molecule has 0 radical (unpaired) electrons. The summed E-state index contributed by atoms with van der Waals surface area (Å²) in [6.45, 7) is 0.855. The molecular formula is C20H19N5O2. The number of hydrogen-bond acceptors (Lipinski definition) is 6. The van der Waals surface area contributed by atoms with E-state index in [4.69, 9.17) is 4.42 Å². The van der Waals surface area contributed by atoms with Crippen molar-refractivity contribution in [1.29, 1.82) is 0 Å². The SMILES string of the molecule is Cn1cc(C(=O)CC2CCCN2c2ncnc3c2oc2ccccc23)cn1. The molecule has 5 rings (SSSR count). The highest BCUT2D eigenvalue weighted by molar-refractivity contribution is 6.05. The third kappa shape index (κ3) is 2.66. The molecule has 1 aliphatic heterocycles. The lowest BCUT2D eigenvalue weighted by molar-refractivity contribution is 0.0974. The van der Waals surface area contributed by atoms with Crippen LogP contribution in [0, 0.1) is 0 Å². The summed E-state index contributed by atoms with van der Waals surface area (Å²) < 4.78 is 7.73. The number of aryl methyl sites for hydroxylation is 1. The number of furan rings is 1. The summed E-state index contributed by atoms with van der Waals surface area (Å²) >= 11 is 0. The number of Topliss-reactive ketones (excluding diaryl/α,β-unsaturated/α-hetero) is 1. The lowest BCUT2D eigenvalue weighted by atomic mass is 10.0. The zero-order chi connectivity index (χ0) is 18.4. The van der Waals surface area contributed by atoms with Gasteiger partial charge in [-0.2, -0.15) is 5.10 Å². The van der Waals surface area contributed by atoms with E-state index in [2.05, 4.69) is 20.0 Å². The van der Waals surface area contributed by atoms with Crippen molar-refractivity contribution in [1.82, 2.24) is 19.7 Å². The molecule has 0 saturated carbocycles. The van der Waals surface area contributed by atoms with E-state index in [1.165, 1.54) is 0 Å². The van der Waals surface area contributed by atoms with Crippen LogP contribution in [-0.2, 0) is 7.05 Å². The molecule has 1 unspecified atom stereocenters. The van der Waals surface area contributed by atoms with E-state index in [1.54, 1.807) is 23.4 Å². The van der Waals surface area contributed by atoms with Crippen molar-refractivity contribution in [2.75, 3.05) is 11.4 Å². The van der Waals surface area contributed by atoms with Gasteiger partial charge in [0.15, 0.2) is 17.2 Å². The van der Waals surface area contributed by atoms with Gasteiger partial charge in [-0.15, -0.1) is 0 Å². The van der Waals surface area contributed by atoms with E-state index in [1.807, 2.05) is 31.3 Å². The summed E-state index contributed by atoms with van der Waals surface area (Å²) in [6, 6.07) is 7.97. The number of carbonyl (C=O) groups excluding carboxylic acids is 1. The Morgan fingerprint density at radius 3 is 3.04 bits per heavy atom. The standard InChI is InChI=1S/C20H19N5O2/c1-24-11-13(10-23-24)16(26)9-14-5-4-8-25(14)20-19-18(21-12-22-20)15-6-2-3-7-17(15)27-19/h2-3,6-7,10-12,14H,4-5,8-9H2,1H3. The van der Waals surface area contributed by atoms with Crippen LogP contribution in [0.15, 0.2) is 47.4 Å². The van der Waals surface area contributed by atoms with Gasteiger partial charge < -0.3 is 9.32 Å². The van der Waals surface area contributed by atoms with E-state index < -0.39 is 0 Å². The highest BCUT2D eigenvalue weighted by Gasteiger charge is 2.31. The second-order valence-electron chi connectivity index (χ2n) is 6.99. The molecule has 0 spiro atoms. The lowest BCUT2D eigenvalue weighted by Gasteiger charge is -2.24. The fourth-order valence-electron chi connectivity index (χ4n) is 3.94. The van der Waals surface area contributed by atoms with Crippen LogP contribution in [0.5, 0.6) is 0 Å². The molecule has 1 atom stereocenters. The molecule has 1 saturated heterocycles.